The summed E-state index contributed by atoms with van der Waals surface area (Å²) in [5.74, 6) is -0.0246. The number of nitrogens with one attached hydrogen (secondary N) is 3. The smallest absolute Gasteiger partial charge is 0.251 e. The average molecular weight is 317 g/mol. The Labute approximate surface area is 138 Å². The van der Waals surface area contributed by atoms with Crippen molar-refractivity contribution in [2.45, 2.75) is 51.0 Å². The summed E-state index contributed by atoms with van der Waals surface area (Å²) in [6, 6.07) is 7.41. The van der Waals surface area contributed by atoms with E-state index in [1.807, 2.05) is 7.05 Å². The fourth-order valence-electron chi connectivity index (χ4n) is 2.87. The second kappa shape index (κ2) is 9.30. The molecule has 1 saturated carbocycles. The van der Waals surface area contributed by atoms with E-state index in [0.717, 1.165) is 31.5 Å². The average Bonchev–Trinajstić information content (AvgIpc) is 2.56. The molecule has 1 fully saturated rings. The van der Waals surface area contributed by atoms with Crippen LogP contribution in [0.3, 0.4) is 0 Å². The Hall–Kier alpha value is -1.88. The summed E-state index contributed by atoms with van der Waals surface area (Å²) in [5.41, 5.74) is 1.37. The molecule has 1 aliphatic carbocycles. The van der Waals surface area contributed by atoms with Crippen molar-refractivity contribution >= 4 is 17.5 Å². The Balaban J connectivity index is 1.81. The maximum atomic E-state index is 12.2. The number of carbonyl (C=O) groups excluding carboxylic acids is 2. The van der Waals surface area contributed by atoms with Crippen molar-refractivity contribution in [1.29, 1.82) is 0 Å². The molecule has 0 aliphatic heterocycles. The summed E-state index contributed by atoms with van der Waals surface area (Å²) in [7, 11) is 1.87. The number of hydrogen-bond donors (Lipinski definition) is 3. The Bertz CT molecular complexity index is 508. The van der Waals surface area contributed by atoms with Crippen LogP contribution >= 0.6 is 0 Å². The van der Waals surface area contributed by atoms with Crippen LogP contribution in [0.4, 0.5) is 5.69 Å². The van der Waals surface area contributed by atoms with Gasteiger partial charge in [0.1, 0.15) is 0 Å². The summed E-state index contributed by atoms with van der Waals surface area (Å²) >= 11 is 0. The van der Waals surface area contributed by atoms with Gasteiger partial charge in [0.25, 0.3) is 5.91 Å². The molecule has 126 valence electrons. The van der Waals surface area contributed by atoms with Gasteiger partial charge in [-0.25, -0.2) is 0 Å². The van der Waals surface area contributed by atoms with Crippen molar-refractivity contribution in [3.05, 3.63) is 29.8 Å². The molecule has 3 N–H and O–H groups in total. The number of benzene rings is 1. The molecule has 0 radical (unpaired) electrons. The van der Waals surface area contributed by atoms with E-state index in [0.29, 0.717) is 18.0 Å². The Morgan fingerprint density at radius 2 is 1.78 bits per heavy atom. The minimum atomic E-state index is -0.0243. The molecule has 23 heavy (non-hydrogen) atoms. The van der Waals surface area contributed by atoms with Gasteiger partial charge in [-0.2, -0.15) is 0 Å². The van der Waals surface area contributed by atoms with Crippen molar-refractivity contribution < 1.29 is 9.59 Å². The van der Waals surface area contributed by atoms with E-state index in [1.165, 1.54) is 19.3 Å². The van der Waals surface area contributed by atoms with Gasteiger partial charge in [-0.05, 0) is 57.1 Å². The predicted octanol–water partition coefficient (Wildman–Crippen LogP) is 2.69. The first kappa shape index (κ1) is 17.5. The van der Waals surface area contributed by atoms with Gasteiger partial charge in [-0.3, -0.25) is 9.59 Å². The van der Waals surface area contributed by atoms with Gasteiger partial charge in [0.05, 0.1) is 0 Å². The van der Waals surface area contributed by atoms with Crippen LogP contribution in [-0.2, 0) is 4.79 Å². The SMILES string of the molecule is CNCCCC(=O)Nc1ccc(C(=O)NC2CCCCC2)cc1. The van der Waals surface area contributed by atoms with Gasteiger partial charge >= 0.3 is 0 Å². The summed E-state index contributed by atoms with van der Waals surface area (Å²) in [4.78, 5) is 24.0. The summed E-state index contributed by atoms with van der Waals surface area (Å²) < 4.78 is 0. The number of anilines is 1. The lowest BCUT2D eigenvalue weighted by Crippen LogP contribution is -2.36. The maximum Gasteiger partial charge on any atom is 0.251 e. The third-order valence-corrected chi connectivity index (χ3v) is 4.20. The largest absolute Gasteiger partial charge is 0.349 e. The quantitative estimate of drug-likeness (QED) is 0.677. The van der Waals surface area contributed by atoms with Gasteiger partial charge in [0, 0.05) is 23.7 Å². The highest BCUT2D eigenvalue weighted by Crippen LogP contribution is 2.18. The highest BCUT2D eigenvalue weighted by Gasteiger charge is 2.16. The molecule has 1 aliphatic rings. The van der Waals surface area contributed by atoms with Gasteiger partial charge in [-0.15, -0.1) is 0 Å². The van der Waals surface area contributed by atoms with Crippen molar-refractivity contribution in [2.75, 3.05) is 18.9 Å². The molecule has 5 heteroatoms. The second-order valence-electron chi connectivity index (χ2n) is 6.14. The first-order valence-electron chi connectivity index (χ1n) is 8.54. The lowest BCUT2D eigenvalue weighted by Gasteiger charge is -2.22. The van der Waals surface area contributed by atoms with E-state index in [9.17, 15) is 9.59 Å². The van der Waals surface area contributed by atoms with E-state index >= 15 is 0 Å². The molecule has 1 aromatic rings. The lowest BCUT2D eigenvalue weighted by atomic mass is 9.95. The first-order chi connectivity index (χ1) is 11.2. The minimum absolute atomic E-state index is 0.000317. The third-order valence-electron chi connectivity index (χ3n) is 4.20. The molecule has 2 rings (SSSR count). The van der Waals surface area contributed by atoms with Crippen LogP contribution in [0.15, 0.2) is 24.3 Å². The zero-order valence-corrected chi connectivity index (χ0v) is 13.9. The molecule has 0 aromatic heterocycles. The molecule has 0 saturated heterocycles. The first-order valence-corrected chi connectivity index (χ1v) is 8.54. The molecule has 1 aromatic carbocycles. The maximum absolute atomic E-state index is 12.2. The Kier molecular flexibility index (Phi) is 7.07. The summed E-state index contributed by atoms with van der Waals surface area (Å²) in [5, 5.41) is 8.96. The predicted molar refractivity (Wildman–Crippen MR) is 92.6 cm³/mol. The van der Waals surface area contributed by atoms with Crippen LogP contribution in [0.1, 0.15) is 55.3 Å². The summed E-state index contributed by atoms with van der Waals surface area (Å²) in [6.07, 6.45) is 7.12. The Morgan fingerprint density at radius 1 is 1.09 bits per heavy atom. The van der Waals surface area contributed by atoms with Gasteiger partial charge in [-0.1, -0.05) is 19.3 Å². The fourth-order valence-corrected chi connectivity index (χ4v) is 2.87. The molecule has 5 nitrogen and oxygen atoms in total. The number of amides is 2. The molecule has 0 heterocycles. The van der Waals surface area contributed by atoms with E-state index in [-0.39, 0.29) is 11.8 Å². The van der Waals surface area contributed by atoms with E-state index in [2.05, 4.69) is 16.0 Å². The normalized spacial score (nSPS) is 15.2. The molecule has 0 atom stereocenters. The highest BCUT2D eigenvalue weighted by molar-refractivity contribution is 5.95. The second-order valence-corrected chi connectivity index (χ2v) is 6.14. The molecule has 0 spiro atoms. The molecule has 0 unspecified atom stereocenters. The standard InChI is InChI=1S/C18H27N3O2/c1-19-13-5-8-17(22)20-16-11-9-14(10-12-16)18(23)21-15-6-3-2-4-7-15/h9-12,15,19H,2-8,13H2,1H3,(H,20,22)(H,21,23). The fraction of sp³-hybridized carbons (Fsp3) is 0.556. The van der Waals surface area contributed by atoms with E-state index < -0.39 is 0 Å². The highest BCUT2D eigenvalue weighted by atomic mass is 16.2. The molecule has 2 amide bonds. The number of rotatable bonds is 7. The van der Waals surface area contributed by atoms with Crippen molar-refractivity contribution in [1.82, 2.24) is 10.6 Å². The minimum Gasteiger partial charge on any atom is -0.349 e. The topological polar surface area (TPSA) is 70.2 Å². The number of carbonyl (C=O) groups is 2. The van der Waals surface area contributed by atoms with Crippen LogP contribution in [0, 0.1) is 0 Å². The summed E-state index contributed by atoms with van der Waals surface area (Å²) in [6.45, 7) is 0.827. The zero-order chi connectivity index (χ0) is 16.5. The van der Waals surface area contributed by atoms with Crippen LogP contribution in [-0.4, -0.2) is 31.4 Å². The monoisotopic (exact) mass is 317 g/mol. The van der Waals surface area contributed by atoms with Crippen LogP contribution in [0.2, 0.25) is 0 Å². The third kappa shape index (κ3) is 6.02. The van der Waals surface area contributed by atoms with Crippen molar-refractivity contribution in [3.63, 3.8) is 0 Å². The Morgan fingerprint density at radius 3 is 2.43 bits per heavy atom. The van der Waals surface area contributed by atoms with Crippen molar-refractivity contribution in [3.8, 4) is 0 Å². The molecular weight excluding hydrogens is 290 g/mol. The molecular formula is C18H27N3O2. The van der Waals surface area contributed by atoms with E-state index in [4.69, 9.17) is 0 Å². The van der Waals surface area contributed by atoms with Crippen LogP contribution in [0.5, 0.6) is 0 Å². The van der Waals surface area contributed by atoms with Crippen LogP contribution in [0.25, 0.3) is 0 Å². The number of hydrogen-bond acceptors (Lipinski definition) is 3. The lowest BCUT2D eigenvalue weighted by molar-refractivity contribution is -0.116. The van der Waals surface area contributed by atoms with Gasteiger partial charge in [0.2, 0.25) is 5.91 Å². The van der Waals surface area contributed by atoms with Gasteiger partial charge < -0.3 is 16.0 Å². The van der Waals surface area contributed by atoms with E-state index in [1.54, 1.807) is 24.3 Å². The van der Waals surface area contributed by atoms with Gasteiger partial charge in [0.15, 0.2) is 0 Å². The van der Waals surface area contributed by atoms with Crippen LogP contribution < -0.4 is 16.0 Å². The zero-order valence-electron chi connectivity index (χ0n) is 13.9. The molecule has 0 bridgehead atoms. The van der Waals surface area contributed by atoms with Crippen molar-refractivity contribution in [2.24, 2.45) is 0 Å².